The summed E-state index contributed by atoms with van der Waals surface area (Å²) in [7, 11) is 0. The second kappa shape index (κ2) is 5.46. The summed E-state index contributed by atoms with van der Waals surface area (Å²) in [4.78, 5) is 2.53. The molecule has 0 saturated carbocycles. The Morgan fingerprint density at radius 2 is 1.81 bits per heavy atom. The van der Waals surface area contributed by atoms with Crippen molar-refractivity contribution in [1.82, 2.24) is 10.2 Å². The van der Waals surface area contributed by atoms with Gasteiger partial charge in [-0.3, -0.25) is 4.90 Å². The van der Waals surface area contributed by atoms with Gasteiger partial charge in [0.1, 0.15) is 0 Å². The third-order valence-corrected chi connectivity index (χ3v) is 3.11. The third-order valence-electron chi connectivity index (χ3n) is 3.11. The first-order chi connectivity index (χ1) is 7.75. The average Bonchev–Trinajstić information content (AvgIpc) is 2.66. The number of rotatable bonds is 5. The molecule has 0 spiro atoms. The van der Waals surface area contributed by atoms with Crippen LogP contribution in [0.1, 0.15) is 31.4 Å². The Hall–Kier alpha value is -0.860. The molecular weight excluding hydrogens is 196 g/mol. The highest BCUT2D eigenvalue weighted by Gasteiger charge is 2.16. The Bertz CT molecular complexity index is 308. The highest BCUT2D eigenvalue weighted by Crippen LogP contribution is 2.21. The van der Waals surface area contributed by atoms with E-state index in [1.54, 1.807) is 0 Å². The van der Waals surface area contributed by atoms with Crippen molar-refractivity contribution in [3.8, 4) is 0 Å². The Kier molecular flexibility index (Phi) is 3.97. The quantitative estimate of drug-likeness (QED) is 0.763. The van der Waals surface area contributed by atoms with Gasteiger partial charge in [-0.15, -0.1) is 0 Å². The fourth-order valence-corrected chi connectivity index (χ4v) is 2.26. The van der Waals surface area contributed by atoms with Crippen molar-refractivity contribution in [1.29, 1.82) is 0 Å². The van der Waals surface area contributed by atoms with Crippen LogP contribution in [0.25, 0.3) is 0 Å². The van der Waals surface area contributed by atoms with Crippen molar-refractivity contribution < 1.29 is 0 Å². The van der Waals surface area contributed by atoms with Crippen LogP contribution in [-0.2, 0) is 13.1 Å². The number of hydrogen-bond acceptors (Lipinski definition) is 2. The molecule has 0 amide bonds. The Morgan fingerprint density at radius 3 is 2.38 bits per heavy atom. The monoisotopic (exact) mass is 218 g/mol. The van der Waals surface area contributed by atoms with Gasteiger partial charge < -0.3 is 5.32 Å². The molecule has 1 N–H and O–H groups in total. The van der Waals surface area contributed by atoms with Crippen molar-refractivity contribution in [2.75, 3.05) is 13.1 Å². The molecule has 0 aliphatic carbocycles. The number of fused-ring (bicyclic) bond motifs is 1. The molecule has 1 aromatic rings. The first-order valence-corrected chi connectivity index (χ1v) is 6.28. The first-order valence-electron chi connectivity index (χ1n) is 6.28. The number of nitrogens with one attached hydrogen (secondary N) is 1. The van der Waals surface area contributed by atoms with Gasteiger partial charge in [0.15, 0.2) is 0 Å². The van der Waals surface area contributed by atoms with Crippen LogP contribution in [0.2, 0.25) is 0 Å². The van der Waals surface area contributed by atoms with Gasteiger partial charge in [-0.05, 0) is 24.1 Å². The summed E-state index contributed by atoms with van der Waals surface area (Å²) in [5.74, 6) is 0. The van der Waals surface area contributed by atoms with E-state index in [0.717, 1.165) is 19.6 Å². The minimum atomic E-state index is 0.607. The maximum absolute atomic E-state index is 3.46. The molecular formula is C14H22N2. The van der Waals surface area contributed by atoms with Crippen molar-refractivity contribution in [2.45, 2.75) is 39.4 Å². The molecule has 0 fully saturated rings. The van der Waals surface area contributed by atoms with Crippen LogP contribution in [0.5, 0.6) is 0 Å². The van der Waals surface area contributed by atoms with E-state index in [-0.39, 0.29) is 0 Å². The van der Waals surface area contributed by atoms with Crippen LogP contribution in [0.3, 0.4) is 0 Å². The maximum Gasteiger partial charge on any atom is 0.0240 e. The predicted molar refractivity (Wildman–Crippen MR) is 68.3 cm³/mol. The SMILES string of the molecule is CC(C)NCCCN1Cc2ccccc2C1. The molecule has 0 bridgehead atoms. The standard InChI is InChI=1S/C14H22N2/c1-12(2)15-8-5-9-16-10-13-6-3-4-7-14(13)11-16/h3-4,6-7,12,15H,5,8-11H2,1-2H3. The van der Waals surface area contributed by atoms with Gasteiger partial charge in [-0.1, -0.05) is 38.1 Å². The van der Waals surface area contributed by atoms with Gasteiger partial charge in [0.2, 0.25) is 0 Å². The lowest BCUT2D eigenvalue weighted by atomic mass is 10.1. The van der Waals surface area contributed by atoms with Crippen molar-refractivity contribution in [3.05, 3.63) is 35.4 Å². The highest BCUT2D eigenvalue weighted by atomic mass is 15.1. The van der Waals surface area contributed by atoms with Crippen molar-refractivity contribution in [2.24, 2.45) is 0 Å². The molecule has 0 saturated heterocycles. The molecule has 1 heterocycles. The van der Waals surface area contributed by atoms with Crippen LogP contribution in [0.4, 0.5) is 0 Å². The molecule has 1 aromatic carbocycles. The zero-order valence-corrected chi connectivity index (χ0v) is 10.4. The Labute approximate surface area is 98.7 Å². The van der Waals surface area contributed by atoms with Crippen LogP contribution < -0.4 is 5.32 Å². The lowest BCUT2D eigenvalue weighted by Crippen LogP contribution is -2.27. The minimum Gasteiger partial charge on any atom is -0.314 e. The second-order valence-corrected chi connectivity index (χ2v) is 4.94. The van der Waals surface area contributed by atoms with Crippen molar-refractivity contribution >= 4 is 0 Å². The predicted octanol–water partition coefficient (Wildman–Crippen LogP) is 2.39. The van der Waals surface area contributed by atoms with E-state index in [4.69, 9.17) is 0 Å². The van der Waals surface area contributed by atoms with E-state index >= 15 is 0 Å². The van der Waals surface area contributed by atoms with E-state index in [9.17, 15) is 0 Å². The molecule has 0 atom stereocenters. The molecule has 0 unspecified atom stereocenters. The van der Waals surface area contributed by atoms with Gasteiger partial charge in [0.25, 0.3) is 0 Å². The molecule has 2 nitrogen and oxygen atoms in total. The number of nitrogens with zero attached hydrogens (tertiary/aromatic N) is 1. The molecule has 16 heavy (non-hydrogen) atoms. The molecule has 2 heteroatoms. The number of benzene rings is 1. The summed E-state index contributed by atoms with van der Waals surface area (Å²) in [6.45, 7) is 9.01. The average molecular weight is 218 g/mol. The van der Waals surface area contributed by atoms with E-state index < -0.39 is 0 Å². The smallest absolute Gasteiger partial charge is 0.0240 e. The lowest BCUT2D eigenvalue weighted by molar-refractivity contribution is 0.277. The molecule has 0 radical (unpaired) electrons. The van der Waals surface area contributed by atoms with Crippen LogP contribution in [-0.4, -0.2) is 24.0 Å². The fourth-order valence-electron chi connectivity index (χ4n) is 2.26. The first kappa shape index (κ1) is 11.6. The van der Waals surface area contributed by atoms with Gasteiger partial charge in [0, 0.05) is 25.7 Å². The molecule has 1 aliphatic heterocycles. The number of hydrogen-bond donors (Lipinski definition) is 1. The zero-order valence-electron chi connectivity index (χ0n) is 10.4. The minimum absolute atomic E-state index is 0.607. The second-order valence-electron chi connectivity index (χ2n) is 4.94. The normalized spacial score (nSPS) is 15.7. The van der Waals surface area contributed by atoms with Gasteiger partial charge >= 0.3 is 0 Å². The Morgan fingerprint density at radius 1 is 1.19 bits per heavy atom. The summed E-state index contributed by atoms with van der Waals surface area (Å²) in [6, 6.07) is 9.39. The van der Waals surface area contributed by atoms with Gasteiger partial charge in [-0.2, -0.15) is 0 Å². The molecule has 0 aromatic heterocycles. The summed E-state index contributed by atoms with van der Waals surface area (Å²) < 4.78 is 0. The molecule has 1 aliphatic rings. The van der Waals surface area contributed by atoms with E-state index in [2.05, 4.69) is 48.3 Å². The van der Waals surface area contributed by atoms with Crippen molar-refractivity contribution in [3.63, 3.8) is 0 Å². The largest absolute Gasteiger partial charge is 0.314 e. The molecule has 2 rings (SSSR count). The van der Waals surface area contributed by atoms with Gasteiger partial charge in [0.05, 0.1) is 0 Å². The van der Waals surface area contributed by atoms with Crippen LogP contribution in [0.15, 0.2) is 24.3 Å². The third kappa shape index (κ3) is 3.06. The highest BCUT2D eigenvalue weighted by molar-refractivity contribution is 5.30. The Balaban J connectivity index is 1.71. The van der Waals surface area contributed by atoms with E-state index in [1.165, 1.54) is 24.1 Å². The van der Waals surface area contributed by atoms with E-state index in [1.807, 2.05) is 0 Å². The summed E-state index contributed by atoms with van der Waals surface area (Å²) in [5.41, 5.74) is 3.03. The summed E-state index contributed by atoms with van der Waals surface area (Å²) >= 11 is 0. The summed E-state index contributed by atoms with van der Waals surface area (Å²) in [5, 5.41) is 3.46. The van der Waals surface area contributed by atoms with E-state index in [0.29, 0.717) is 6.04 Å². The lowest BCUT2D eigenvalue weighted by Gasteiger charge is -2.15. The fraction of sp³-hybridized carbons (Fsp3) is 0.571. The van der Waals surface area contributed by atoms with Gasteiger partial charge in [-0.25, -0.2) is 0 Å². The van der Waals surface area contributed by atoms with Crippen LogP contribution in [0, 0.1) is 0 Å². The topological polar surface area (TPSA) is 15.3 Å². The van der Waals surface area contributed by atoms with Crippen LogP contribution >= 0.6 is 0 Å². The zero-order chi connectivity index (χ0) is 11.4. The maximum atomic E-state index is 3.46. The molecule has 88 valence electrons. The summed E-state index contributed by atoms with van der Waals surface area (Å²) in [6.07, 6.45) is 1.24.